The third kappa shape index (κ3) is 5.86. The fourth-order valence-electron chi connectivity index (χ4n) is 2.34. The zero-order chi connectivity index (χ0) is 15.0. The van der Waals surface area contributed by atoms with Crippen LogP contribution in [-0.2, 0) is 0 Å². The highest BCUT2D eigenvalue weighted by molar-refractivity contribution is 7.98. The minimum absolute atomic E-state index is 0.450. The van der Waals surface area contributed by atoms with Crippen LogP contribution < -0.4 is 5.32 Å². The summed E-state index contributed by atoms with van der Waals surface area (Å²) in [4.78, 5) is 2.48. The zero-order valence-electron chi connectivity index (χ0n) is 13.6. The molecule has 0 saturated carbocycles. The van der Waals surface area contributed by atoms with Gasteiger partial charge in [0.1, 0.15) is 0 Å². The van der Waals surface area contributed by atoms with Gasteiger partial charge in [0.15, 0.2) is 0 Å². The molecule has 2 unspecified atom stereocenters. The zero-order valence-corrected chi connectivity index (χ0v) is 14.5. The number of rotatable bonds is 9. The van der Waals surface area contributed by atoms with E-state index in [0.29, 0.717) is 12.1 Å². The van der Waals surface area contributed by atoms with Crippen LogP contribution in [0.25, 0.3) is 0 Å². The topological polar surface area (TPSA) is 15.3 Å². The molecule has 0 aromatic heterocycles. The lowest BCUT2D eigenvalue weighted by molar-refractivity contribution is 0.240. The summed E-state index contributed by atoms with van der Waals surface area (Å²) in [6.07, 6.45) is 4.60. The molecule has 0 spiro atoms. The van der Waals surface area contributed by atoms with Crippen LogP contribution in [0.2, 0.25) is 0 Å². The number of benzene rings is 1. The van der Waals surface area contributed by atoms with Crippen LogP contribution in [0.15, 0.2) is 24.3 Å². The van der Waals surface area contributed by atoms with Crippen LogP contribution in [0.1, 0.15) is 36.9 Å². The molecule has 0 amide bonds. The van der Waals surface area contributed by atoms with Crippen molar-refractivity contribution in [3.8, 4) is 0 Å². The molecule has 20 heavy (non-hydrogen) atoms. The van der Waals surface area contributed by atoms with Crippen LogP contribution in [0, 0.1) is 6.92 Å². The Morgan fingerprint density at radius 3 is 2.40 bits per heavy atom. The molecule has 0 saturated heterocycles. The fraction of sp³-hybridized carbons (Fsp3) is 0.647. The van der Waals surface area contributed by atoms with Crippen molar-refractivity contribution in [2.45, 2.75) is 38.8 Å². The summed E-state index contributed by atoms with van der Waals surface area (Å²) in [5, 5.41) is 3.44. The highest BCUT2D eigenvalue weighted by Crippen LogP contribution is 2.18. The Kier molecular flexibility index (Phi) is 8.27. The number of nitrogens with one attached hydrogen (secondary N) is 1. The SMILES string of the molecule is CNC(CCN(C)C(C)CCSC)c1ccc(C)cc1. The number of aryl methyl sites for hydroxylation is 1. The lowest BCUT2D eigenvalue weighted by Gasteiger charge is -2.27. The van der Waals surface area contributed by atoms with E-state index in [1.807, 2.05) is 11.8 Å². The molecule has 1 aromatic rings. The van der Waals surface area contributed by atoms with Crippen LogP contribution in [0.4, 0.5) is 0 Å². The van der Waals surface area contributed by atoms with Crippen LogP contribution >= 0.6 is 11.8 Å². The standard InChI is InChI=1S/C17H30N2S/c1-14-6-8-16(9-7-14)17(18-3)10-12-19(4)15(2)11-13-20-5/h6-9,15,17-18H,10-13H2,1-5H3. The van der Waals surface area contributed by atoms with Gasteiger partial charge in [-0.1, -0.05) is 29.8 Å². The van der Waals surface area contributed by atoms with Crippen molar-refractivity contribution in [2.75, 3.05) is 32.6 Å². The van der Waals surface area contributed by atoms with Gasteiger partial charge in [-0.15, -0.1) is 0 Å². The predicted octanol–water partition coefficient (Wildman–Crippen LogP) is 3.72. The van der Waals surface area contributed by atoms with Gasteiger partial charge in [0.05, 0.1) is 0 Å². The molecule has 0 fully saturated rings. The second kappa shape index (κ2) is 9.43. The van der Waals surface area contributed by atoms with Crippen LogP contribution in [0.5, 0.6) is 0 Å². The number of thioether (sulfide) groups is 1. The van der Waals surface area contributed by atoms with E-state index in [1.54, 1.807) is 0 Å². The van der Waals surface area contributed by atoms with Crippen molar-refractivity contribution < 1.29 is 0 Å². The molecule has 1 N–H and O–H groups in total. The molecule has 2 atom stereocenters. The molecule has 2 nitrogen and oxygen atoms in total. The second-order valence-corrected chi connectivity index (χ2v) is 6.64. The molecular formula is C17H30N2S. The number of hydrogen-bond acceptors (Lipinski definition) is 3. The van der Waals surface area contributed by atoms with Crippen LogP contribution in [-0.4, -0.2) is 43.6 Å². The van der Waals surface area contributed by atoms with E-state index in [4.69, 9.17) is 0 Å². The van der Waals surface area contributed by atoms with Crippen molar-refractivity contribution in [1.82, 2.24) is 10.2 Å². The maximum absolute atomic E-state index is 3.44. The van der Waals surface area contributed by atoms with Gasteiger partial charge in [-0.25, -0.2) is 0 Å². The van der Waals surface area contributed by atoms with E-state index < -0.39 is 0 Å². The van der Waals surface area contributed by atoms with Gasteiger partial charge < -0.3 is 10.2 Å². The Bertz CT molecular complexity index is 364. The lowest BCUT2D eigenvalue weighted by atomic mass is 10.0. The summed E-state index contributed by atoms with van der Waals surface area (Å²) in [5.41, 5.74) is 2.72. The first-order valence-corrected chi connectivity index (χ1v) is 8.90. The molecule has 1 rings (SSSR count). The average molecular weight is 295 g/mol. The predicted molar refractivity (Wildman–Crippen MR) is 92.7 cm³/mol. The van der Waals surface area contributed by atoms with Gasteiger partial charge in [0, 0.05) is 12.1 Å². The summed E-state index contributed by atoms with van der Waals surface area (Å²) in [6, 6.07) is 10.00. The molecule has 0 radical (unpaired) electrons. The molecule has 1 aromatic carbocycles. The summed E-state index contributed by atoms with van der Waals surface area (Å²) < 4.78 is 0. The van der Waals surface area contributed by atoms with E-state index in [-0.39, 0.29) is 0 Å². The van der Waals surface area contributed by atoms with Gasteiger partial charge in [-0.05, 0) is 64.9 Å². The quantitative estimate of drug-likeness (QED) is 0.747. The highest BCUT2D eigenvalue weighted by Gasteiger charge is 2.13. The maximum atomic E-state index is 3.44. The van der Waals surface area contributed by atoms with Gasteiger partial charge in [0.25, 0.3) is 0 Å². The van der Waals surface area contributed by atoms with Crippen molar-refractivity contribution in [1.29, 1.82) is 0 Å². The fourth-order valence-corrected chi connectivity index (χ4v) is 2.92. The largest absolute Gasteiger partial charge is 0.313 e. The maximum Gasteiger partial charge on any atom is 0.0329 e. The smallest absolute Gasteiger partial charge is 0.0329 e. The Hall–Kier alpha value is -0.510. The summed E-state index contributed by atoms with van der Waals surface area (Å²) >= 11 is 1.94. The molecule has 0 aliphatic rings. The van der Waals surface area contributed by atoms with Gasteiger partial charge >= 0.3 is 0 Å². The molecule has 0 bridgehead atoms. The Labute approximate surface area is 129 Å². The first-order valence-electron chi connectivity index (χ1n) is 7.51. The molecule has 0 heterocycles. The number of nitrogens with zero attached hydrogens (tertiary/aromatic N) is 1. The van der Waals surface area contributed by atoms with Crippen molar-refractivity contribution in [3.05, 3.63) is 35.4 Å². The normalized spacial score (nSPS) is 14.5. The third-order valence-corrected chi connectivity index (χ3v) is 4.73. The van der Waals surface area contributed by atoms with E-state index in [0.717, 1.165) is 13.0 Å². The highest BCUT2D eigenvalue weighted by atomic mass is 32.2. The van der Waals surface area contributed by atoms with Crippen molar-refractivity contribution in [2.24, 2.45) is 0 Å². The lowest BCUT2D eigenvalue weighted by Crippen LogP contribution is -2.32. The Balaban J connectivity index is 2.46. The van der Waals surface area contributed by atoms with E-state index in [9.17, 15) is 0 Å². The third-order valence-electron chi connectivity index (χ3n) is 4.09. The Morgan fingerprint density at radius 2 is 1.85 bits per heavy atom. The minimum atomic E-state index is 0.450. The molecule has 114 valence electrons. The van der Waals surface area contributed by atoms with E-state index in [1.165, 1.54) is 23.3 Å². The van der Waals surface area contributed by atoms with E-state index in [2.05, 4.69) is 68.7 Å². The van der Waals surface area contributed by atoms with Gasteiger partial charge in [-0.3, -0.25) is 0 Å². The van der Waals surface area contributed by atoms with Crippen molar-refractivity contribution >= 4 is 11.8 Å². The molecular weight excluding hydrogens is 264 g/mol. The molecule has 0 aliphatic carbocycles. The molecule has 3 heteroatoms. The monoisotopic (exact) mass is 294 g/mol. The Morgan fingerprint density at radius 1 is 1.20 bits per heavy atom. The summed E-state index contributed by atoms with van der Waals surface area (Å²) in [6.45, 7) is 5.60. The van der Waals surface area contributed by atoms with Gasteiger partial charge in [-0.2, -0.15) is 11.8 Å². The van der Waals surface area contributed by atoms with Crippen LogP contribution in [0.3, 0.4) is 0 Å². The van der Waals surface area contributed by atoms with E-state index >= 15 is 0 Å². The minimum Gasteiger partial charge on any atom is -0.313 e. The average Bonchev–Trinajstić information content (AvgIpc) is 2.46. The van der Waals surface area contributed by atoms with Crippen molar-refractivity contribution in [3.63, 3.8) is 0 Å². The first-order chi connectivity index (χ1) is 9.58. The number of hydrogen-bond donors (Lipinski definition) is 1. The van der Waals surface area contributed by atoms with Gasteiger partial charge in [0.2, 0.25) is 0 Å². The molecule has 0 aliphatic heterocycles. The summed E-state index contributed by atoms with van der Waals surface area (Å²) in [7, 11) is 4.30. The first kappa shape index (κ1) is 17.5. The summed E-state index contributed by atoms with van der Waals surface area (Å²) in [5.74, 6) is 1.25. The second-order valence-electron chi connectivity index (χ2n) is 5.65.